The largest absolute Gasteiger partial charge is 0.378 e. The molecule has 6 heteroatoms. The van der Waals surface area contributed by atoms with E-state index in [-0.39, 0.29) is 0 Å². The van der Waals surface area contributed by atoms with Crippen LogP contribution >= 0.6 is 0 Å². The lowest BCUT2D eigenvalue weighted by molar-refractivity contribution is 0.423. The number of aryl methyl sites for hydroxylation is 1. The molecule has 0 amide bonds. The molecular formula is C15H22FN5. The fraction of sp³-hybridized carbons (Fsp3) is 0.600. The van der Waals surface area contributed by atoms with Crippen molar-refractivity contribution >= 4 is 5.69 Å². The summed E-state index contributed by atoms with van der Waals surface area (Å²) in [7, 11) is 0. The van der Waals surface area contributed by atoms with Gasteiger partial charge in [-0.2, -0.15) is 10.2 Å². The summed E-state index contributed by atoms with van der Waals surface area (Å²) in [5, 5.41) is 12.0. The standard InChI is InChI=1S/C15H22FN5/c1-12-15(10-19-20(12)7-6-16)17-8-13-9-18-21(11-13)14-4-2-3-5-14/h9-11,14,17H,2-8H2,1H3. The highest BCUT2D eigenvalue weighted by atomic mass is 19.1. The van der Waals surface area contributed by atoms with Gasteiger partial charge in [0.15, 0.2) is 0 Å². The number of nitrogens with one attached hydrogen (secondary N) is 1. The lowest BCUT2D eigenvalue weighted by atomic mass is 10.2. The molecule has 2 aromatic heterocycles. The first kappa shape index (κ1) is 14.1. The van der Waals surface area contributed by atoms with Crippen LogP contribution in [0, 0.1) is 6.92 Å². The van der Waals surface area contributed by atoms with Gasteiger partial charge in [-0.3, -0.25) is 9.36 Å². The second kappa shape index (κ2) is 6.28. The molecule has 5 nitrogen and oxygen atoms in total. The summed E-state index contributed by atoms with van der Waals surface area (Å²) in [6, 6.07) is 0.577. The Balaban J connectivity index is 1.60. The average Bonchev–Trinajstić information content (AvgIpc) is 3.19. The Morgan fingerprint density at radius 2 is 2.10 bits per heavy atom. The maximum atomic E-state index is 12.4. The molecule has 1 N–H and O–H groups in total. The minimum atomic E-state index is -0.393. The van der Waals surface area contributed by atoms with E-state index in [1.165, 1.54) is 31.2 Å². The topological polar surface area (TPSA) is 47.7 Å². The van der Waals surface area contributed by atoms with Crippen molar-refractivity contribution in [1.82, 2.24) is 19.6 Å². The Kier molecular flexibility index (Phi) is 4.22. The summed E-state index contributed by atoms with van der Waals surface area (Å²) in [5.74, 6) is 0. The highest BCUT2D eigenvalue weighted by Gasteiger charge is 2.17. The molecule has 1 saturated carbocycles. The van der Waals surface area contributed by atoms with Crippen molar-refractivity contribution in [2.75, 3.05) is 12.0 Å². The fourth-order valence-electron chi connectivity index (χ4n) is 2.96. The van der Waals surface area contributed by atoms with Gasteiger partial charge >= 0.3 is 0 Å². The van der Waals surface area contributed by atoms with E-state index in [9.17, 15) is 4.39 Å². The number of rotatable bonds is 6. The summed E-state index contributed by atoms with van der Waals surface area (Å²) in [6.07, 6.45) is 10.9. The van der Waals surface area contributed by atoms with E-state index < -0.39 is 6.67 Å². The first-order valence-corrected chi connectivity index (χ1v) is 7.63. The third-order valence-corrected chi connectivity index (χ3v) is 4.24. The molecule has 0 aliphatic heterocycles. The number of halogens is 1. The van der Waals surface area contributed by atoms with Crippen molar-refractivity contribution in [2.24, 2.45) is 0 Å². The van der Waals surface area contributed by atoms with Gasteiger partial charge in [-0.25, -0.2) is 4.39 Å². The van der Waals surface area contributed by atoms with E-state index in [4.69, 9.17) is 0 Å². The first-order valence-electron chi connectivity index (χ1n) is 7.63. The number of alkyl halides is 1. The minimum absolute atomic E-state index is 0.313. The predicted octanol–water partition coefficient (Wildman–Crippen LogP) is 3.08. The SMILES string of the molecule is Cc1c(NCc2cnn(C3CCCC3)c2)cnn1CCF. The zero-order valence-electron chi connectivity index (χ0n) is 12.4. The second-order valence-corrected chi connectivity index (χ2v) is 5.68. The Morgan fingerprint density at radius 3 is 2.86 bits per heavy atom. The van der Waals surface area contributed by atoms with Gasteiger partial charge in [0, 0.05) is 18.3 Å². The molecule has 2 heterocycles. The summed E-state index contributed by atoms with van der Waals surface area (Å²) < 4.78 is 16.2. The molecule has 0 aromatic carbocycles. The predicted molar refractivity (Wildman–Crippen MR) is 80.0 cm³/mol. The van der Waals surface area contributed by atoms with Crippen LogP contribution in [-0.4, -0.2) is 26.2 Å². The number of nitrogens with zero attached hydrogens (tertiary/aromatic N) is 4. The van der Waals surface area contributed by atoms with Crippen LogP contribution in [0.2, 0.25) is 0 Å². The molecule has 0 saturated heterocycles. The van der Waals surface area contributed by atoms with Gasteiger partial charge in [0.05, 0.1) is 36.4 Å². The Bertz CT molecular complexity index is 583. The van der Waals surface area contributed by atoms with Crippen LogP contribution in [0.5, 0.6) is 0 Å². The zero-order valence-corrected chi connectivity index (χ0v) is 12.4. The van der Waals surface area contributed by atoms with Crippen LogP contribution in [0.3, 0.4) is 0 Å². The highest BCUT2D eigenvalue weighted by Crippen LogP contribution is 2.28. The van der Waals surface area contributed by atoms with E-state index in [2.05, 4.69) is 26.4 Å². The number of anilines is 1. The van der Waals surface area contributed by atoms with Gasteiger partial charge in [0.1, 0.15) is 6.67 Å². The van der Waals surface area contributed by atoms with E-state index in [1.54, 1.807) is 10.9 Å². The van der Waals surface area contributed by atoms with E-state index >= 15 is 0 Å². The van der Waals surface area contributed by atoms with E-state index in [0.717, 1.165) is 17.9 Å². The van der Waals surface area contributed by atoms with Crippen molar-refractivity contribution in [2.45, 2.75) is 51.7 Å². The van der Waals surface area contributed by atoms with Crippen molar-refractivity contribution in [3.05, 3.63) is 29.8 Å². The fourth-order valence-corrected chi connectivity index (χ4v) is 2.96. The lowest BCUT2D eigenvalue weighted by Gasteiger charge is -2.08. The molecule has 2 aromatic rings. The Hall–Kier alpha value is -1.85. The maximum Gasteiger partial charge on any atom is 0.109 e. The molecule has 114 valence electrons. The van der Waals surface area contributed by atoms with Gasteiger partial charge in [-0.1, -0.05) is 12.8 Å². The molecular weight excluding hydrogens is 269 g/mol. The Labute approximate surface area is 124 Å². The van der Waals surface area contributed by atoms with Crippen LogP contribution in [0.25, 0.3) is 0 Å². The number of aromatic nitrogens is 4. The van der Waals surface area contributed by atoms with Crippen LogP contribution in [-0.2, 0) is 13.1 Å². The van der Waals surface area contributed by atoms with Crippen molar-refractivity contribution in [3.8, 4) is 0 Å². The average molecular weight is 291 g/mol. The van der Waals surface area contributed by atoms with Crippen LogP contribution in [0.1, 0.15) is 43.0 Å². The molecule has 1 fully saturated rings. The van der Waals surface area contributed by atoms with Gasteiger partial charge in [0.25, 0.3) is 0 Å². The molecule has 0 bridgehead atoms. The third-order valence-electron chi connectivity index (χ3n) is 4.24. The van der Waals surface area contributed by atoms with Gasteiger partial charge in [-0.05, 0) is 19.8 Å². The number of hydrogen-bond acceptors (Lipinski definition) is 3. The van der Waals surface area contributed by atoms with Crippen LogP contribution in [0.15, 0.2) is 18.6 Å². The normalized spacial score (nSPS) is 15.7. The molecule has 1 aliphatic rings. The van der Waals surface area contributed by atoms with E-state index in [0.29, 0.717) is 12.6 Å². The molecule has 0 unspecified atom stereocenters. The molecule has 21 heavy (non-hydrogen) atoms. The van der Waals surface area contributed by atoms with Gasteiger partial charge in [-0.15, -0.1) is 0 Å². The first-order chi connectivity index (χ1) is 10.3. The van der Waals surface area contributed by atoms with Crippen molar-refractivity contribution in [3.63, 3.8) is 0 Å². The summed E-state index contributed by atoms with van der Waals surface area (Å²) in [4.78, 5) is 0. The molecule has 3 rings (SSSR count). The van der Waals surface area contributed by atoms with Crippen molar-refractivity contribution in [1.29, 1.82) is 0 Å². The van der Waals surface area contributed by atoms with Crippen molar-refractivity contribution < 1.29 is 4.39 Å². The number of hydrogen-bond donors (Lipinski definition) is 1. The van der Waals surface area contributed by atoms with Gasteiger partial charge in [0.2, 0.25) is 0 Å². The smallest absolute Gasteiger partial charge is 0.109 e. The summed E-state index contributed by atoms with van der Waals surface area (Å²) in [6.45, 7) is 2.59. The summed E-state index contributed by atoms with van der Waals surface area (Å²) in [5.41, 5.74) is 3.09. The third kappa shape index (κ3) is 3.09. The summed E-state index contributed by atoms with van der Waals surface area (Å²) >= 11 is 0. The van der Waals surface area contributed by atoms with Crippen LogP contribution < -0.4 is 5.32 Å². The molecule has 0 spiro atoms. The lowest BCUT2D eigenvalue weighted by Crippen LogP contribution is -2.06. The van der Waals surface area contributed by atoms with Gasteiger partial charge < -0.3 is 5.32 Å². The van der Waals surface area contributed by atoms with Crippen LogP contribution in [0.4, 0.5) is 10.1 Å². The highest BCUT2D eigenvalue weighted by molar-refractivity contribution is 5.46. The molecule has 1 aliphatic carbocycles. The maximum absolute atomic E-state index is 12.4. The Morgan fingerprint density at radius 1 is 1.29 bits per heavy atom. The minimum Gasteiger partial charge on any atom is -0.378 e. The van der Waals surface area contributed by atoms with E-state index in [1.807, 2.05) is 13.1 Å². The molecule has 0 atom stereocenters. The second-order valence-electron chi connectivity index (χ2n) is 5.68. The molecule has 0 radical (unpaired) electrons. The monoisotopic (exact) mass is 291 g/mol. The quantitative estimate of drug-likeness (QED) is 0.889. The zero-order chi connectivity index (χ0) is 14.7.